The molecule has 0 aliphatic heterocycles. The number of hydrogen-bond donors (Lipinski definition) is 2. The van der Waals surface area contributed by atoms with Crippen LogP contribution in [0.2, 0.25) is 0 Å². The van der Waals surface area contributed by atoms with Crippen LogP contribution in [-0.2, 0) is 9.53 Å². The van der Waals surface area contributed by atoms with Crippen LogP contribution in [0.1, 0.15) is 19.8 Å². The van der Waals surface area contributed by atoms with E-state index in [-0.39, 0.29) is 12.5 Å². The minimum atomic E-state index is -0.0236. The van der Waals surface area contributed by atoms with Crippen LogP contribution in [0, 0.1) is 0 Å². The Kier molecular flexibility index (Phi) is 9.03. The minimum absolute atomic E-state index is 0.0236. The summed E-state index contributed by atoms with van der Waals surface area (Å²) in [5, 5.41) is 5.71. The molecule has 4 nitrogen and oxygen atoms in total. The molecule has 78 valence electrons. The van der Waals surface area contributed by atoms with E-state index in [1.807, 2.05) is 7.05 Å². The molecule has 2 N–H and O–H groups in total. The van der Waals surface area contributed by atoms with Crippen molar-refractivity contribution < 1.29 is 9.53 Å². The topological polar surface area (TPSA) is 50.4 Å². The maximum absolute atomic E-state index is 11.0. The van der Waals surface area contributed by atoms with Gasteiger partial charge in [0.2, 0.25) is 5.91 Å². The fourth-order valence-corrected chi connectivity index (χ4v) is 0.795. The van der Waals surface area contributed by atoms with E-state index in [0.29, 0.717) is 6.61 Å². The summed E-state index contributed by atoms with van der Waals surface area (Å²) in [5.41, 5.74) is 0. The van der Waals surface area contributed by atoms with E-state index in [1.54, 1.807) is 0 Å². The van der Waals surface area contributed by atoms with Crippen LogP contribution in [0.25, 0.3) is 0 Å². The summed E-state index contributed by atoms with van der Waals surface area (Å²) < 4.78 is 5.09. The van der Waals surface area contributed by atoms with Gasteiger partial charge in [-0.1, -0.05) is 13.3 Å². The Bertz CT molecular complexity index is 129. The second-order valence-corrected chi connectivity index (χ2v) is 2.86. The highest BCUT2D eigenvalue weighted by Crippen LogP contribution is 1.82. The quantitative estimate of drug-likeness (QED) is 0.533. The van der Waals surface area contributed by atoms with Crippen LogP contribution < -0.4 is 10.6 Å². The minimum Gasteiger partial charge on any atom is -0.370 e. The van der Waals surface area contributed by atoms with E-state index in [1.165, 1.54) is 0 Å². The lowest BCUT2D eigenvalue weighted by atomic mass is 10.3. The number of amides is 1. The molecule has 0 atom stereocenters. The van der Waals surface area contributed by atoms with E-state index in [0.717, 1.165) is 25.9 Å². The Balaban J connectivity index is 3.11. The van der Waals surface area contributed by atoms with Crippen LogP contribution in [-0.4, -0.2) is 39.3 Å². The molecule has 0 aliphatic carbocycles. The Morgan fingerprint density at radius 2 is 2.15 bits per heavy atom. The van der Waals surface area contributed by atoms with Crippen LogP contribution in [0.5, 0.6) is 0 Å². The highest BCUT2D eigenvalue weighted by Gasteiger charge is 1.98. The molecule has 0 saturated heterocycles. The number of rotatable bonds is 8. The largest absolute Gasteiger partial charge is 0.370 e. The van der Waals surface area contributed by atoms with Crippen molar-refractivity contribution in [3.8, 4) is 0 Å². The normalized spacial score (nSPS) is 10.0. The highest BCUT2D eigenvalue weighted by atomic mass is 16.5. The van der Waals surface area contributed by atoms with Gasteiger partial charge in [0.25, 0.3) is 0 Å². The number of likely N-dealkylation sites (N-methyl/N-ethyl adjacent to an activating group) is 1. The van der Waals surface area contributed by atoms with Gasteiger partial charge in [-0.25, -0.2) is 0 Å². The average Bonchev–Trinajstić information content (AvgIpc) is 2.13. The smallest absolute Gasteiger partial charge is 0.245 e. The lowest BCUT2D eigenvalue weighted by Crippen LogP contribution is -2.29. The highest BCUT2D eigenvalue weighted by molar-refractivity contribution is 5.77. The van der Waals surface area contributed by atoms with Gasteiger partial charge in [-0.05, 0) is 13.5 Å². The van der Waals surface area contributed by atoms with Gasteiger partial charge in [-0.3, -0.25) is 4.79 Å². The van der Waals surface area contributed by atoms with Crippen LogP contribution in [0.15, 0.2) is 0 Å². The Hall–Kier alpha value is -0.610. The van der Waals surface area contributed by atoms with Crippen LogP contribution >= 0.6 is 0 Å². The summed E-state index contributed by atoms with van der Waals surface area (Å²) in [6.45, 7) is 4.38. The maximum atomic E-state index is 11.0. The van der Waals surface area contributed by atoms with E-state index in [2.05, 4.69) is 17.6 Å². The van der Waals surface area contributed by atoms with Crippen molar-refractivity contribution in [1.29, 1.82) is 0 Å². The summed E-state index contributed by atoms with van der Waals surface area (Å²) in [7, 11) is 1.85. The van der Waals surface area contributed by atoms with E-state index in [4.69, 9.17) is 4.74 Å². The van der Waals surface area contributed by atoms with Gasteiger partial charge in [-0.15, -0.1) is 0 Å². The Morgan fingerprint density at radius 1 is 1.38 bits per heavy atom. The third-order valence-electron chi connectivity index (χ3n) is 1.58. The van der Waals surface area contributed by atoms with Crippen molar-refractivity contribution in [2.75, 3.05) is 33.4 Å². The first kappa shape index (κ1) is 12.4. The SMILES string of the molecule is CCCCNC(=O)COCCNC. The molecule has 0 spiro atoms. The predicted molar refractivity (Wildman–Crippen MR) is 52.7 cm³/mol. The first-order chi connectivity index (χ1) is 6.31. The van der Waals surface area contributed by atoms with Gasteiger partial charge in [0, 0.05) is 13.1 Å². The Labute approximate surface area is 80.0 Å². The second-order valence-electron chi connectivity index (χ2n) is 2.86. The van der Waals surface area contributed by atoms with Crippen molar-refractivity contribution in [3.63, 3.8) is 0 Å². The van der Waals surface area contributed by atoms with Crippen molar-refractivity contribution in [2.45, 2.75) is 19.8 Å². The molecule has 0 fully saturated rings. The lowest BCUT2D eigenvalue weighted by Gasteiger charge is -2.04. The summed E-state index contributed by atoms with van der Waals surface area (Å²) >= 11 is 0. The van der Waals surface area contributed by atoms with Gasteiger partial charge in [0.05, 0.1) is 6.61 Å². The van der Waals surface area contributed by atoms with Gasteiger partial charge >= 0.3 is 0 Å². The fourth-order valence-electron chi connectivity index (χ4n) is 0.795. The van der Waals surface area contributed by atoms with Crippen molar-refractivity contribution in [2.24, 2.45) is 0 Å². The molecule has 0 aromatic carbocycles. The third-order valence-corrected chi connectivity index (χ3v) is 1.58. The monoisotopic (exact) mass is 188 g/mol. The summed E-state index contributed by atoms with van der Waals surface area (Å²) in [6.07, 6.45) is 2.13. The molecule has 0 heterocycles. The Morgan fingerprint density at radius 3 is 2.77 bits per heavy atom. The molecule has 0 radical (unpaired) electrons. The first-order valence-electron chi connectivity index (χ1n) is 4.80. The molecular formula is C9H20N2O2. The lowest BCUT2D eigenvalue weighted by molar-refractivity contribution is -0.125. The summed E-state index contributed by atoms with van der Waals surface area (Å²) in [4.78, 5) is 11.0. The van der Waals surface area contributed by atoms with E-state index in [9.17, 15) is 4.79 Å². The zero-order chi connectivity index (χ0) is 9.94. The van der Waals surface area contributed by atoms with Gasteiger partial charge in [-0.2, -0.15) is 0 Å². The number of ether oxygens (including phenoxy) is 1. The van der Waals surface area contributed by atoms with E-state index < -0.39 is 0 Å². The molecule has 0 bridgehead atoms. The first-order valence-corrected chi connectivity index (χ1v) is 4.80. The number of hydrogen-bond acceptors (Lipinski definition) is 3. The van der Waals surface area contributed by atoms with Crippen molar-refractivity contribution in [3.05, 3.63) is 0 Å². The zero-order valence-electron chi connectivity index (χ0n) is 8.56. The second kappa shape index (κ2) is 9.48. The number of carbonyl (C=O) groups excluding carboxylic acids is 1. The predicted octanol–water partition coefficient (Wildman–Crippen LogP) is 0.139. The molecular weight excluding hydrogens is 168 g/mol. The van der Waals surface area contributed by atoms with Gasteiger partial charge in [0.15, 0.2) is 0 Å². The van der Waals surface area contributed by atoms with Crippen molar-refractivity contribution >= 4 is 5.91 Å². The zero-order valence-corrected chi connectivity index (χ0v) is 8.56. The summed E-state index contributed by atoms with van der Waals surface area (Å²) in [5.74, 6) is -0.0236. The molecule has 0 aromatic rings. The molecule has 0 aromatic heterocycles. The number of carbonyl (C=O) groups is 1. The molecule has 4 heteroatoms. The standard InChI is InChI=1S/C9H20N2O2/c1-3-4-5-11-9(12)8-13-7-6-10-2/h10H,3-8H2,1-2H3,(H,11,12). The van der Waals surface area contributed by atoms with Crippen LogP contribution in [0.4, 0.5) is 0 Å². The molecule has 0 saturated carbocycles. The van der Waals surface area contributed by atoms with Crippen molar-refractivity contribution in [1.82, 2.24) is 10.6 Å². The average molecular weight is 188 g/mol. The molecule has 0 unspecified atom stereocenters. The molecule has 1 amide bonds. The maximum Gasteiger partial charge on any atom is 0.245 e. The third kappa shape index (κ3) is 9.30. The number of nitrogens with one attached hydrogen (secondary N) is 2. The van der Waals surface area contributed by atoms with Gasteiger partial charge in [0.1, 0.15) is 6.61 Å². The molecule has 0 aliphatic rings. The van der Waals surface area contributed by atoms with Gasteiger partial charge < -0.3 is 15.4 Å². The van der Waals surface area contributed by atoms with Crippen LogP contribution in [0.3, 0.4) is 0 Å². The number of unbranched alkanes of at least 4 members (excludes halogenated alkanes) is 1. The molecule has 0 rings (SSSR count). The molecule has 13 heavy (non-hydrogen) atoms. The summed E-state index contributed by atoms with van der Waals surface area (Å²) in [6, 6.07) is 0. The van der Waals surface area contributed by atoms with E-state index >= 15 is 0 Å². The fraction of sp³-hybridized carbons (Fsp3) is 0.889.